The zero-order valence-electron chi connectivity index (χ0n) is 10.7. The van der Waals surface area contributed by atoms with E-state index in [9.17, 15) is 4.79 Å². The Bertz CT molecular complexity index is 435. The number of hydrogen-bond acceptors (Lipinski definition) is 3. The molecule has 6 heteroatoms. The summed E-state index contributed by atoms with van der Waals surface area (Å²) in [4.78, 5) is 12.1. The second-order valence-electron chi connectivity index (χ2n) is 4.34. The molecular formula is C13H18Cl2N2O2. The van der Waals surface area contributed by atoms with Gasteiger partial charge >= 0.3 is 0 Å². The summed E-state index contributed by atoms with van der Waals surface area (Å²) in [5.74, 6) is 0.407. The van der Waals surface area contributed by atoms with Crippen LogP contribution in [-0.2, 0) is 0 Å². The highest BCUT2D eigenvalue weighted by molar-refractivity contribution is 6.30. The third kappa shape index (κ3) is 4.27. The maximum Gasteiger partial charge on any atom is 0.255 e. The van der Waals surface area contributed by atoms with Crippen molar-refractivity contribution in [2.75, 3.05) is 20.2 Å². The molecule has 0 aliphatic carbocycles. The Hall–Kier alpha value is -0.970. The van der Waals surface area contributed by atoms with Crippen LogP contribution in [0.15, 0.2) is 18.2 Å². The molecule has 0 radical (unpaired) electrons. The number of amides is 1. The molecule has 0 atom stereocenters. The molecule has 1 aliphatic heterocycles. The summed E-state index contributed by atoms with van der Waals surface area (Å²) < 4.78 is 5.18. The van der Waals surface area contributed by atoms with Gasteiger partial charge in [0.2, 0.25) is 0 Å². The monoisotopic (exact) mass is 304 g/mol. The van der Waals surface area contributed by atoms with Gasteiger partial charge in [0.15, 0.2) is 0 Å². The number of halogens is 2. The molecule has 2 N–H and O–H groups in total. The molecular weight excluding hydrogens is 287 g/mol. The lowest BCUT2D eigenvalue weighted by Crippen LogP contribution is -2.42. The number of carbonyl (C=O) groups excluding carboxylic acids is 1. The summed E-state index contributed by atoms with van der Waals surface area (Å²) in [7, 11) is 1.53. The second kappa shape index (κ2) is 7.58. The van der Waals surface area contributed by atoms with E-state index in [-0.39, 0.29) is 24.4 Å². The molecule has 19 heavy (non-hydrogen) atoms. The number of benzene rings is 1. The van der Waals surface area contributed by atoms with E-state index in [0.717, 1.165) is 25.9 Å². The standard InChI is InChI=1S/C13H17ClN2O2.ClH/c1-18-12-8-9(14)2-3-11(12)13(17)16-10-4-6-15-7-5-10;/h2-3,8,10,15H,4-7H2,1H3,(H,16,17);1H. The van der Waals surface area contributed by atoms with Gasteiger partial charge in [-0.2, -0.15) is 0 Å². The van der Waals surface area contributed by atoms with Gasteiger partial charge in [-0.1, -0.05) is 11.6 Å². The lowest BCUT2D eigenvalue weighted by molar-refractivity contribution is 0.0926. The number of hydrogen-bond donors (Lipinski definition) is 2. The fourth-order valence-corrected chi connectivity index (χ4v) is 2.24. The Morgan fingerprint density at radius 2 is 2.11 bits per heavy atom. The molecule has 0 saturated carbocycles. The smallest absolute Gasteiger partial charge is 0.255 e. The van der Waals surface area contributed by atoms with Gasteiger partial charge in [-0.25, -0.2) is 0 Å². The molecule has 0 bridgehead atoms. The van der Waals surface area contributed by atoms with Gasteiger partial charge < -0.3 is 15.4 Å². The van der Waals surface area contributed by atoms with Gasteiger partial charge in [-0.3, -0.25) is 4.79 Å². The minimum Gasteiger partial charge on any atom is -0.496 e. The second-order valence-corrected chi connectivity index (χ2v) is 4.78. The topological polar surface area (TPSA) is 50.4 Å². The van der Waals surface area contributed by atoms with E-state index < -0.39 is 0 Å². The molecule has 1 fully saturated rings. The quantitative estimate of drug-likeness (QED) is 0.900. The Kier molecular flexibility index (Phi) is 6.42. The number of rotatable bonds is 3. The van der Waals surface area contributed by atoms with Crippen LogP contribution in [0.2, 0.25) is 5.02 Å². The largest absolute Gasteiger partial charge is 0.496 e. The van der Waals surface area contributed by atoms with E-state index in [1.54, 1.807) is 18.2 Å². The first kappa shape index (κ1) is 16.1. The summed E-state index contributed by atoms with van der Waals surface area (Å²) in [6, 6.07) is 5.27. The van der Waals surface area contributed by atoms with Crippen LogP contribution >= 0.6 is 24.0 Å². The molecule has 1 amide bonds. The van der Waals surface area contributed by atoms with E-state index in [0.29, 0.717) is 16.3 Å². The Balaban J connectivity index is 0.00000180. The molecule has 0 unspecified atom stereocenters. The molecule has 0 spiro atoms. The van der Waals surface area contributed by atoms with Crippen molar-refractivity contribution in [2.45, 2.75) is 18.9 Å². The lowest BCUT2D eigenvalue weighted by atomic mass is 10.1. The predicted octanol–water partition coefficient (Wildman–Crippen LogP) is 2.25. The van der Waals surface area contributed by atoms with Crippen molar-refractivity contribution in [2.24, 2.45) is 0 Å². The maximum atomic E-state index is 12.1. The minimum atomic E-state index is -0.101. The molecule has 2 rings (SSSR count). The number of carbonyl (C=O) groups is 1. The van der Waals surface area contributed by atoms with Crippen LogP contribution < -0.4 is 15.4 Å². The molecule has 106 valence electrons. The Labute approximate surface area is 124 Å². The van der Waals surface area contributed by atoms with E-state index >= 15 is 0 Å². The molecule has 4 nitrogen and oxygen atoms in total. The summed E-state index contributed by atoms with van der Waals surface area (Å²) in [5.41, 5.74) is 0.528. The van der Waals surface area contributed by atoms with Crippen LogP contribution in [0.3, 0.4) is 0 Å². The summed E-state index contributed by atoms with van der Waals surface area (Å²) in [6.07, 6.45) is 1.92. The summed E-state index contributed by atoms with van der Waals surface area (Å²) in [6.45, 7) is 1.89. The van der Waals surface area contributed by atoms with Gasteiger partial charge in [0.1, 0.15) is 5.75 Å². The fourth-order valence-electron chi connectivity index (χ4n) is 2.08. The van der Waals surface area contributed by atoms with Gasteiger partial charge in [0.05, 0.1) is 12.7 Å². The van der Waals surface area contributed by atoms with Crippen LogP contribution in [0.5, 0.6) is 5.75 Å². The highest BCUT2D eigenvalue weighted by Crippen LogP contribution is 2.23. The van der Waals surface area contributed by atoms with Gasteiger partial charge in [-0.05, 0) is 44.1 Å². The molecule has 1 heterocycles. The van der Waals surface area contributed by atoms with Crippen molar-refractivity contribution in [1.29, 1.82) is 0 Å². The van der Waals surface area contributed by atoms with Gasteiger partial charge in [-0.15, -0.1) is 12.4 Å². The van der Waals surface area contributed by atoms with Gasteiger partial charge in [0, 0.05) is 11.1 Å². The first-order valence-corrected chi connectivity index (χ1v) is 6.43. The number of nitrogens with one attached hydrogen (secondary N) is 2. The third-order valence-electron chi connectivity index (χ3n) is 3.08. The zero-order valence-corrected chi connectivity index (χ0v) is 12.3. The van der Waals surface area contributed by atoms with Crippen molar-refractivity contribution in [3.8, 4) is 5.75 Å². The first-order chi connectivity index (χ1) is 8.70. The number of piperidine rings is 1. The summed E-state index contributed by atoms with van der Waals surface area (Å²) >= 11 is 5.87. The molecule has 1 aromatic carbocycles. The average Bonchev–Trinajstić information content (AvgIpc) is 2.39. The Morgan fingerprint density at radius 3 is 2.74 bits per heavy atom. The van der Waals surface area contributed by atoms with E-state index in [1.165, 1.54) is 7.11 Å². The minimum absolute atomic E-state index is 0. The molecule has 1 saturated heterocycles. The van der Waals surface area contributed by atoms with E-state index in [1.807, 2.05) is 0 Å². The van der Waals surface area contributed by atoms with Crippen LogP contribution in [-0.4, -0.2) is 32.1 Å². The van der Waals surface area contributed by atoms with Crippen molar-refractivity contribution in [1.82, 2.24) is 10.6 Å². The maximum absolute atomic E-state index is 12.1. The van der Waals surface area contributed by atoms with Crippen molar-refractivity contribution in [3.63, 3.8) is 0 Å². The van der Waals surface area contributed by atoms with Crippen LogP contribution in [0.25, 0.3) is 0 Å². The predicted molar refractivity (Wildman–Crippen MR) is 78.6 cm³/mol. The zero-order chi connectivity index (χ0) is 13.0. The van der Waals surface area contributed by atoms with Crippen LogP contribution in [0.4, 0.5) is 0 Å². The number of methoxy groups -OCH3 is 1. The Morgan fingerprint density at radius 1 is 1.42 bits per heavy atom. The summed E-state index contributed by atoms with van der Waals surface area (Å²) in [5, 5.41) is 6.85. The average molecular weight is 305 g/mol. The van der Waals surface area contributed by atoms with Crippen molar-refractivity contribution in [3.05, 3.63) is 28.8 Å². The molecule has 0 aromatic heterocycles. The molecule has 1 aliphatic rings. The lowest BCUT2D eigenvalue weighted by Gasteiger charge is -2.24. The van der Waals surface area contributed by atoms with Crippen LogP contribution in [0.1, 0.15) is 23.2 Å². The van der Waals surface area contributed by atoms with E-state index in [4.69, 9.17) is 16.3 Å². The van der Waals surface area contributed by atoms with Crippen LogP contribution in [0, 0.1) is 0 Å². The highest BCUT2D eigenvalue weighted by atomic mass is 35.5. The third-order valence-corrected chi connectivity index (χ3v) is 3.32. The SMILES string of the molecule is COc1cc(Cl)ccc1C(=O)NC1CCNCC1.Cl. The van der Waals surface area contributed by atoms with Crippen molar-refractivity contribution >= 4 is 29.9 Å². The van der Waals surface area contributed by atoms with E-state index in [2.05, 4.69) is 10.6 Å². The van der Waals surface area contributed by atoms with Crippen molar-refractivity contribution < 1.29 is 9.53 Å². The normalized spacial score (nSPS) is 15.5. The fraction of sp³-hybridized carbons (Fsp3) is 0.462. The molecule has 1 aromatic rings. The highest BCUT2D eigenvalue weighted by Gasteiger charge is 2.18. The first-order valence-electron chi connectivity index (χ1n) is 6.06. The van der Waals surface area contributed by atoms with Gasteiger partial charge in [0.25, 0.3) is 5.91 Å². The number of ether oxygens (including phenoxy) is 1.